The summed E-state index contributed by atoms with van der Waals surface area (Å²) in [6, 6.07) is 16.3. The molecule has 2 aromatic rings. The summed E-state index contributed by atoms with van der Waals surface area (Å²) in [7, 11) is 0. The summed E-state index contributed by atoms with van der Waals surface area (Å²) in [5.41, 5.74) is 5.68. The third-order valence-electron chi connectivity index (χ3n) is 2.72. The fraction of sp³-hybridized carbons (Fsp3) is 0.125. The van der Waals surface area contributed by atoms with E-state index in [0.717, 1.165) is 5.75 Å². The van der Waals surface area contributed by atoms with E-state index in [9.17, 15) is 4.79 Å². The number of amides is 1. The minimum Gasteiger partial charge on any atom is -0.490 e. The number of carbonyl (C=O) groups is 1. The molecule has 114 valence electrons. The van der Waals surface area contributed by atoms with E-state index >= 15 is 0 Å². The number of para-hydroxylation sites is 2. The highest BCUT2D eigenvalue weighted by atomic mass is 32.1. The van der Waals surface area contributed by atoms with Crippen molar-refractivity contribution in [3.05, 3.63) is 60.2 Å². The third kappa shape index (κ3) is 4.75. The zero-order valence-electron chi connectivity index (χ0n) is 11.8. The van der Waals surface area contributed by atoms with Crippen LogP contribution in [0.1, 0.15) is 10.4 Å². The molecule has 22 heavy (non-hydrogen) atoms. The normalized spacial score (nSPS) is 9.82. The standard InChI is InChI=1S/C16H16N2O3S/c17-16(22)18-15(19)13-8-4-5-9-14(13)21-11-10-20-12-6-2-1-3-7-12/h1-9H,10-11H2,(H3,17,18,19,22). The van der Waals surface area contributed by atoms with E-state index in [1.54, 1.807) is 24.3 Å². The van der Waals surface area contributed by atoms with Gasteiger partial charge in [0, 0.05) is 0 Å². The van der Waals surface area contributed by atoms with E-state index in [0.29, 0.717) is 24.5 Å². The first-order valence-corrected chi connectivity index (χ1v) is 7.08. The van der Waals surface area contributed by atoms with Gasteiger partial charge < -0.3 is 15.2 Å². The Labute approximate surface area is 134 Å². The van der Waals surface area contributed by atoms with E-state index in [2.05, 4.69) is 17.5 Å². The van der Waals surface area contributed by atoms with Gasteiger partial charge in [0.1, 0.15) is 24.7 Å². The Bertz CT molecular complexity index is 647. The van der Waals surface area contributed by atoms with Gasteiger partial charge in [0.15, 0.2) is 5.11 Å². The number of hydrogen-bond donors (Lipinski definition) is 2. The second-order valence-electron chi connectivity index (χ2n) is 4.32. The van der Waals surface area contributed by atoms with Crippen molar-refractivity contribution in [1.29, 1.82) is 0 Å². The van der Waals surface area contributed by atoms with Crippen LogP contribution in [0.5, 0.6) is 11.5 Å². The highest BCUT2D eigenvalue weighted by Gasteiger charge is 2.12. The van der Waals surface area contributed by atoms with Gasteiger partial charge in [-0.15, -0.1) is 0 Å². The van der Waals surface area contributed by atoms with Crippen LogP contribution in [-0.4, -0.2) is 24.2 Å². The van der Waals surface area contributed by atoms with E-state index in [-0.39, 0.29) is 5.11 Å². The summed E-state index contributed by atoms with van der Waals surface area (Å²) in [6.45, 7) is 0.682. The summed E-state index contributed by atoms with van der Waals surface area (Å²) >= 11 is 4.66. The molecule has 1 amide bonds. The van der Waals surface area contributed by atoms with Crippen molar-refractivity contribution in [1.82, 2.24) is 5.32 Å². The van der Waals surface area contributed by atoms with Gasteiger partial charge in [0.25, 0.3) is 5.91 Å². The summed E-state index contributed by atoms with van der Waals surface area (Å²) in [4.78, 5) is 11.9. The van der Waals surface area contributed by atoms with Crippen LogP contribution in [0.25, 0.3) is 0 Å². The van der Waals surface area contributed by atoms with E-state index in [4.69, 9.17) is 15.2 Å². The minimum absolute atomic E-state index is 0.0767. The Hall–Kier alpha value is -2.60. The quantitative estimate of drug-likeness (QED) is 0.631. The third-order valence-corrected chi connectivity index (χ3v) is 2.82. The molecule has 6 heteroatoms. The number of rotatable bonds is 6. The van der Waals surface area contributed by atoms with Gasteiger partial charge >= 0.3 is 0 Å². The molecule has 2 aromatic carbocycles. The number of hydrogen-bond acceptors (Lipinski definition) is 4. The second kappa shape index (κ2) is 7.99. The minimum atomic E-state index is -0.396. The molecule has 0 fully saturated rings. The van der Waals surface area contributed by atoms with Crippen LogP contribution in [0.2, 0.25) is 0 Å². The van der Waals surface area contributed by atoms with Gasteiger partial charge in [0.05, 0.1) is 5.56 Å². The molecule has 2 rings (SSSR count). The lowest BCUT2D eigenvalue weighted by atomic mass is 10.2. The predicted octanol–water partition coefficient (Wildman–Crippen LogP) is 2.12. The van der Waals surface area contributed by atoms with Crippen LogP contribution in [-0.2, 0) is 0 Å². The Morgan fingerprint density at radius 3 is 2.36 bits per heavy atom. The molecule has 0 unspecified atom stereocenters. The fourth-order valence-electron chi connectivity index (χ4n) is 1.79. The van der Waals surface area contributed by atoms with Crippen molar-refractivity contribution in [2.75, 3.05) is 13.2 Å². The molecule has 0 spiro atoms. The van der Waals surface area contributed by atoms with Gasteiger partial charge in [-0.3, -0.25) is 10.1 Å². The maximum absolute atomic E-state index is 11.9. The van der Waals surface area contributed by atoms with E-state index in [1.165, 1.54) is 0 Å². The molecule has 0 aliphatic heterocycles. The van der Waals surface area contributed by atoms with Crippen molar-refractivity contribution in [3.8, 4) is 11.5 Å². The number of benzene rings is 2. The maximum atomic E-state index is 11.9. The average molecular weight is 316 g/mol. The first kappa shape index (κ1) is 15.8. The number of nitrogens with two attached hydrogens (primary N) is 1. The molecule has 0 bridgehead atoms. The first-order chi connectivity index (χ1) is 10.7. The van der Waals surface area contributed by atoms with Gasteiger partial charge in [-0.1, -0.05) is 30.3 Å². The highest BCUT2D eigenvalue weighted by molar-refractivity contribution is 7.80. The SMILES string of the molecule is NC(=S)NC(=O)c1ccccc1OCCOc1ccccc1. The monoisotopic (exact) mass is 316 g/mol. The zero-order valence-corrected chi connectivity index (χ0v) is 12.6. The molecular weight excluding hydrogens is 300 g/mol. The van der Waals surface area contributed by atoms with Crippen LogP contribution < -0.4 is 20.5 Å². The Kier molecular flexibility index (Phi) is 5.73. The Balaban J connectivity index is 1.90. The lowest BCUT2D eigenvalue weighted by Crippen LogP contribution is -2.35. The first-order valence-electron chi connectivity index (χ1n) is 6.67. The summed E-state index contributed by atoms with van der Waals surface area (Å²) in [5.74, 6) is 0.825. The van der Waals surface area contributed by atoms with Gasteiger partial charge in [-0.2, -0.15) is 0 Å². The molecule has 0 atom stereocenters. The molecule has 0 aliphatic carbocycles. The van der Waals surface area contributed by atoms with Crippen LogP contribution in [0.3, 0.4) is 0 Å². The molecule has 0 radical (unpaired) electrons. The lowest BCUT2D eigenvalue weighted by molar-refractivity contribution is 0.0972. The van der Waals surface area contributed by atoms with Crippen molar-refractivity contribution in [3.63, 3.8) is 0 Å². The smallest absolute Gasteiger partial charge is 0.261 e. The maximum Gasteiger partial charge on any atom is 0.261 e. The average Bonchev–Trinajstić information content (AvgIpc) is 2.52. The number of carbonyl (C=O) groups excluding carboxylic acids is 1. The lowest BCUT2D eigenvalue weighted by Gasteiger charge is -2.11. The molecular formula is C16H16N2O3S. The highest BCUT2D eigenvalue weighted by Crippen LogP contribution is 2.18. The van der Waals surface area contributed by atoms with E-state index in [1.807, 2.05) is 30.3 Å². The summed E-state index contributed by atoms with van der Waals surface area (Å²) in [6.07, 6.45) is 0. The predicted molar refractivity (Wildman–Crippen MR) is 88.1 cm³/mol. The van der Waals surface area contributed by atoms with Crippen molar-refractivity contribution in [2.24, 2.45) is 5.73 Å². The van der Waals surface area contributed by atoms with Crippen LogP contribution in [0.15, 0.2) is 54.6 Å². The van der Waals surface area contributed by atoms with Crippen LogP contribution in [0, 0.1) is 0 Å². The molecule has 0 aliphatic rings. The largest absolute Gasteiger partial charge is 0.490 e. The van der Waals surface area contributed by atoms with Gasteiger partial charge in [0.2, 0.25) is 0 Å². The van der Waals surface area contributed by atoms with Crippen LogP contribution >= 0.6 is 12.2 Å². The number of ether oxygens (including phenoxy) is 2. The fourth-order valence-corrected chi connectivity index (χ4v) is 1.88. The van der Waals surface area contributed by atoms with Crippen molar-refractivity contribution in [2.45, 2.75) is 0 Å². The molecule has 0 heterocycles. The summed E-state index contributed by atoms with van der Waals surface area (Å²) in [5, 5.41) is 2.30. The van der Waals surface area contributed by atoms with Gasteiger partial charge in [-0.25, -0.2) is 0 Å². The topological polar surface area (TPSA) is 73.6 Å². The zero-order chi connectivity index (χ0) is 15.8. The van der Waals surface area contributed by atoms with Crippen LogP contribution in [0.4, 0.5) is 0 Å². The Morgan fingerprint density at radius 2 is 1.64 bits per heavy atom. The number of nitrogens with one attached hydrogen (secondary N) is 1. The van der Waals surface area contributed by atoms with E-state index < -0.39 is 5.91 Å². The Morgan fingerprint density at radius 1 is 1.00 bits per heavy atom. The van der Waals surface area contributed by atoms with Crippen molar-refractivity contribution < 1.29 is 14.3 Å². The molecule has 0 aromatic heterocycles. The summed E-state index contributed by atoms with van der Waals surface area (Å²) < 4.78 is 11.1. The molecule has 0 saturated heterocycles. The molecule has 0 saturated carbocycles. The van der Waals surface area contributed by atoms with Crippen molar-refractivity contribution >= 4 is 23.2 Å². The van der Waals surface area contributed by atoms with Gasteiger partial charge in [-0.05, 0) is 36.5 Å². The molecule has 5 nitrogen and oxygen atoms in total. The second-order valence-corrected chi connectivity index (χ2v) is 4.76. The number of thiocarbonyl (C=S) groups is 1. The molecule has 3 N–H and O–H groups in total.